The number of benzene rings is 2. The van der Waals surface area contributed by atoms with Crippen LogP contribution in [0, 0.1) is 6.92 Å². The smallest absolute Gasteiger partial charge is 0.254 e. The molecule has 0 unspecified atom stereocenters. The number of aryl methyl sites for hydroxylation is 1. The van der Waals surface area contributed by atoms with E-state index >= 15 is 0 Å². The number of rotatable bonds is 5. The Hall–Kier alpha value is -3.91. The third kappa shape index (κ3) is 4.08. The van der Waals surface area contributed by atoms with Crippen molar-refractivity contribution >= 4 is 28.4 Å². The van der Waals surface area contributed by atoms with Crippen LogP contribution in [-0.2, 0) is 19.5 Å². The fourth-order valence-electron chi connectivity index (χ4n) is 4.46. The third-order valence-corrected chi connectivity index (χ3v) is 6.44. The molecular weight excluding hydrogens is 428 g/mol. The molecule has 3 N–H and O–H groups in total. The van der Waals surface area contributed by atoms with Crippen LogP contribution < -0.4 is 21.3 Å². The first-order valence-corrected chi connectivity index (χ1v) is 11.3. The van der Waals surface area contributed by atoms with Crippen molar-refractivity contribution in [3.8, 4) is 5.75 Å². The predicted molar refractivity (Wildman–Crippen MR) is 135 cm³/mol. The van der Waals surface area contributed by atoms with E-state index in [1.807, 2.05) is 31.2 Å². The number of nitrogen functional groups attached to an aromatic ring is 1. The van der Waals surface area contributed by atoms with Gasteiger partial charge in [-0.2, -0.15) is 4.98 Å². The number of nitrogens with zero attached hydrogens (tertiary/aromatic N) is 4. The Bertz CT molecular complexity index is 1450. The maximum atomic E-state index is 12.9. The van der Waals surface area contributed by atoms with Crippen LogP contribution in [0.1, 0.15) is 22.3 Å². The molecule has 0 saturated heterocycles. The fourth-order valence-corrected chi connectivity index (χ4v) is 4.46. The number of methoxy groups -OCH3 is 1. The average molecular weight is 457 g/mol. The quantitative estimate of drug-likeness (QED) is 0.474. The van der Waals surface area contributed by atoms with Gasteiger partial charge in [0.05, 0.1) is 24.7 Å². The first-order valence-electron chi connectivity index (χ1n) is 11.3. The van der Waals surface area contributed by atoms with Crippen molar-refractivity contribution in [1.29, 1.82) is 0 Å². The summed E-state index contributed by atoms with van der Waals surface area (Å²) in [5, 5.41) is 3.94. The Labute approximate surface area is 198 Å². The zero-order valence-corrected chi connectivity index (χ0v) is 19.6. The highest BCUT2D eigenvalue weighted by atomic mass is 16.5. The van der Waals surface area contributed by atoms with E-state index in [1.54, 1.807) is 17.9 Å². The van der Waals surface area contributed by atoms with Gasteiger partial charge in [-0.25, -0.2) is 4.98 Å². The van der Waals surface area contributed by atoms with E-state index in [-0.39, 0.29) is 5.56 Å². The number of aromatic nitrogens is 3. The Kier molecular flexibility index (Phi) is 5.67. The highest BCUT2D eigenvalue weighted by Crippen LogP contribution is 2.33. The number of likely N-dealkylation sites (N-methyl/N-ethyl adjacent to an activating group) is 1. The lowest BCUT2D eigenvalue weighted by molar-refractivity contribution is 0.312. The van der Waals surface area contributed by atoms with Crippen molar-refractivity contribution in [2.24, 2.45) is 0 Å². The van der Waals surface area contributed by atoms with Crippen molar-refractivity contribution in [2.75, 3.05) is 31.8 Å². The molecule has 8 heteroatoms. The lowest BCUT2D eigenvalue weighted by Crippen LogP contribution is -2.26. The van der Waals surface area contributed by atoms with Crippen LogP contribution >= 0.6 is 0 Å². The second-order valence-corrected chi connectivity index (χ2v) is 8.82. The molecule has 0 fully saturated rings. The van der Waals surface area contributed by atoms with Gasteiger partial charge in [-0.15, -0.1) is 0 Å². The minimum Gasteiger partial charge on any atom is -0.495 e. The number of pyridine rings is 1. The van der Waals surface area contributed by atoms with E-state index in [2.05, 4.69) is 34.4 Å². The van der Waals surface area contributed by atoms with Crippen LogP contribution in [-0.4, -0.2) is 40.1 Å². The van der Waals surface area contributed by atoms with Crippen molar-refractivity contribution < 1.29 is 4.74 Å². The summed E-state index contributed by atoms with van der Waals surface area (Å²) in [6.45, 7) is 4.32. The molecule has 0 radical (unpaired) electrons. The molecule has 0 atom stereocenters. The molecule has 1 aliphatic heterocycles. The van der Waals surface area contributed by atoms with Crippen molar-refractivity contribution in [1.82, 2.24) is 19.4 Å². The second kappa shape index (κ2) is 8.79. The second-order valence-electron chi connectivity index (χ2n) is 8.82. The highest BCUT2D eigenvalue weighted by molar-refractivity contribution is 5.88. The normalized spacial score (nSPS) is 13.6. The largest absolute Gasteiger partial charge is 0.495 e. The summed E-state index contributed by atoms with van der Waals surface area (Å²) in [5.74, 6) is 1.11. The van der Waals surface area contributed by atoms with Gasteiger partial charge in [-0.1, -0.05) is 24.3 Å². The van der Waals surface area contributed by atoms with Gasteiger partial charge < -0.3 is 20.7 Å². The van der Waals surface area contributed by atoms with E-state index < -0.39 is 0 Å². The van der Waals surface area contributed by atoms with Crippen LogP contribution in [0.15, 0.2) is 53.5 Å². The van der Waals surface area contributed by atoms with Gasteiger partial charge in [0, 0.05) is 31.0 Å². The first kappa shape index (κ1) is 21.9. The van der Waals surface area contributed by atoms with Gasteiger partial charge >= 0.3 is 0 Å². The first-order chi connectivity index (χ1) is 16.4. The minimum absolute atomic E-state index is 0.202. The fraction of sp³-hybridized carbons (Fsp3) is 0.269. The van der Waals surface area contributed by atoms with Gasteiger partial charge in [-0.3, -0.25) is 9.36 Å². The standard InChI is InChI=1S/C26H28N6O2/c1-16-6-4-5-7-18(16)15-32-24(33)12-21(27)20-13-28-26(30-25(20)32)29-22-10-19-14-31(2)9-8-17(19)11-23(22)34-3/h4-7,10-13H,8-9,14-15,27H2,1-3H3,(H,28,29,30). The van der Waals surface area contributed by atoms with Crippen molar-refractivity contribution in [3.63, 3.8) is 0 Å². The molecule has 0 aliphatic carbocycles. The summed E-state index contributed by atoms with van der Waals surface area (Å²) in [6, 6.07) is 13.6. The molecule has 0 saturated carbocycles. The van der Waals surface area contributed by atoms with E-state index in [4.69, 9.17) is 15.5 Å². The number of nitrogens with one attached hydrogen (secondary N) is 1. The number of ether oxygens (including phenoxy) is 1. The molecule has 174 valence electrons. The maximum Gasteiger partial charge on any atom is 0.254 e. The molecule has 2 aromatic heterocycles. The summed E-state index contributed by atoms with van der Waals surface area (Å²) < 4.78 is 7.28. The van der Waals surface area contributed by atoms with Crippen molar-refractivity contribution in [3.05, 3.63) is 81.3 Å². The molecule has 1 aliphatic rings. The Morgan fingerprint density at radius 3 is 2.79 bits per heavy atom. The molecule has 4 aromatic rings. The molecule has 3 heterocycles. The summed E-state index contributed by atoms with van der Waals surface area (Å²) in [7, 11) is 3.77. The minimum atomic E-state index is -0.202. The van der Waals surface area contributed by atoms with Crippen LogP contribution in [0.4, 0.5) is 17.3 Å². The molecule has 0 bridgehead atoms. The SMILES string of the molecule is COc1cc2c(cc1Nc1ncc3c(N)cc(=O)n(Cc4ccccc4C)c3n1)CN(C)CC2. The lowest BCUT2D eigenvalue weighted by atomic mass is 9.99. The highest BCUT2D eigenvalue weighted by Gasteiger charge is 2.18. The van der Waals surface area contributed by atoms with Crippen LogP contribution in [0.2, 0.25) is 0 Å². The van der Waals surface area contributed by atoms with Crippen LogP contribution in [0.5, 0.6) is 5.75 Å². The number of nitrogens with two attached hydrogens (primary N) is 1. The van der Waals surface area contributed by atoms with Gasteiger partial charge in [0.15, 0.2) is 5.65 Å². The summed E-state index contributed by atoms with van der Waals surface area (Å²) in [6.07, 6.45) is 2.64. The Morgan fingerprint density at radius 1 is 1.18 bits per heavy atom. The number of anilines is 3. The number of hydrogen-bond donors (Lipinski definition) is 2. The van der Waals surface area contributed by atoms with Gasteiger partial charge in [0.1, 0.15) is 5.75 Å². The molecule has 5 rings (SSSR count). The van der Waals surface area contributed by atoms with Gasteiger partial charge in [0.2, 0.25) is 5.95 Å². The molecule has 0 amide bonds. The Balaban J connectivity index is 1.57. The van der Waals surface area contributed by atoms with Crippen LogP contribution in [0.3, 0.4) is 0 Å². The summed E-state index contributed by atoms with van der Waals surface area (Å²) in [4.78, 5) is 24.4. The number of fused-ring (bicyclic) bond motifs is 2. The maximum absolute atomic E-state index is 12.9. The summed E-state index contributed by atoms with van der Waals surface area (Å²) >= 11 is 0. The van der Waals surface area contributed by atoms with Gasteiger partial charge in [0.25, 0.3) is 5.56 Å². The van der Waals surface area contributed by atoms with E-state index in [0.717, 1.165) is 42.1 Å². The summed E-state index contributed by atoms with van der Waals surface area (Å²) in [5.41, 5.74) is 12.3. The zero-order valence-electron chi connectivity index (χ0n) is 19.6. The zero-order chi connectivity index (χ0) is 23.8. The topological polar surface area (TPSA) is 98.3 Å². The molecule has 0 spiro atoms. The van der Waals surface area contributed by atoms with E-state index in [0.29, 0.717) is 29.2 Å². The number of hydrogen-bond acceptors (Lipinski definition) is 7. The van der Waals surface area contributed by atoms with Crippen LogP contribution in [0.25, 0.3) is 11.0 Å². The molecule has 34 heavy (non-hydrogen) atoms. The monoisotopic (exact) mass is 456 g/mol. The predicted octanol–water partition coefficient (Wildman–Crippen LogP) is 3.47. The Morgan fingerprint density at radius 2 is 2.00 bits per heavy atom. The van der Waals surface area contributed by atoms with Gasteiger partial charge in [-0.05, 0) is 54.8 Å². The van der Waals surface area contributed by atoms with Crippen molar-refractivity contribution in [2.45, 2.75) is 26.4 Å². The third-order valence-electron chi connectivity index (χ3n) is 6.44. The molecule has 8 nitrogen and oxygen atoms in total. The van der Waals surface area contributed by atoms with E-state index in [9.17, 15) is 4.79 Å². The average Bonchev–Trinajstić information content (AvgIpc) is 2.82. The molecular formula is C26H28N6O2. The van der Waals surface area contributed by atoms with E-state index in [1.165, 1.54) is 17.2 Å². The lowest BCUT2D eigenvalue weighted by Gasteiger charge is -2.26. The molecule has 2 aromatic carbocycles.